The number of nitriles is 1. The van der Waals surface area contributed by atoms with Gasteiger partial charge in [-0.1, -0.05) is 6.92 Å². The summed E-state index contributed by atoms with van der Waals surface area (Å²) in [5.41, 5.74) is 3.12. The van der Waals surface area contributed by atoms with Crippen LogP contribution in [-0.4, -0.2) is 49.4 Å². The fourth-order valence-electron chi connectivity index (χ4n) is 4.83. The number of ether oxygens (including phenoxy) is 1. The third kappa shape index (κ3) is 4.77. The van der Waals surface area contributed by atoms with Crippen molar-refractivity contribution < 1.29 is 4.74 Å². The largest absolute Gasteiger partial charge is 0.492 e. The molecule has 1 N–H and O–H groups in total. The Kier molecular flexibility index (Phi) is 6.61. The number of aryl methyl sites for hydroxylation is 2. The van der Waals surface area contributed by atoms with Gasteiger partial charge in [0.1, 0.15) is 17.6 Å². The van der Waals surface area contributed by atoms with Gasteiger partial charge in [0.25, 0.3) is 0 Å². The number of hydrogen-bond donors (Lipinski definition) is 1. The van der Waals surface area contributed by atoms with Crippen molar-refractivity contribution in [3.05, 3.63) is 42.5 Å². The summed E-state index contributed by atoms with van der Waals surface area (Å²) in [6, 6.07) is 10.4. The Morgan fingerprint density at radius 2 is 1.97 bits per heavy atom. The maximum atomic E-state index is 9.70. The van der Waals surface area contributed by atoms with Gasteiger partial charge in [-0.25, -0.2) is 15.0 Å². The first-order chi connectivity index (χ1) is 17.9. The molecule has 10 nitrogen and oxygen atoms in total. The lowest BCUT2D eigenvalue weighted by molar-refractivity contribution is 0.293. The Hall–Kier alpha value is -4.26. The summed E-state index contributed by atoms with van der Waals surface area (Å²) in [6.07, 6.45) is 6.01. The molecular weight excluding hydrogens is 466 g/mol. The molecule has 10 heteroatoms. The number of anilines is 3. The Balaban J connectivity index is 1.47. The van der Waals surface area contributed by atoms with Gasteiger partial charge >= 0.3 is 0 Å². The molecule has 0 saturated carbocycles. The molecule has 0 spiro atoms. The zero-order chi connectivity index (χ0) is 26.0. The molecule has 0 amide bonds. The van der Waals surface area contributed by atoms with Gasteiger partial charge in [-0.3, -0.25) is 0 Å². The number of nitrogens with zero attached hydrogens (tertiary/aromatic N) is 8. The van der Waals surface area contributed by atoms with Crippen LogP contribution >= 0.6 is 0 Å². The van der Waals surface area contributed by atoms with Crippen molar-refractivity contribution in [1.29, 1.82) is 5.26 Å². The number of piperidine rings is 1. The summed E-state index contributed by atoms with van der Waals surface area (Å²) < 4.78 is 7.79. The summed E-state index contributed by atoms with van der Waals surface area (Å²) in [6.45, 7) is 8.09. The minimum atomic E-state index is -0.245. The molecular formula is C27H31N9O. The molecule has 0 atom stereocenters. The van der Waals surface area contributed by atoms with Crippen molar-refractivity contribution in [3.63, 3.8) is 0 Å². The SMILES string of the molecule is CCOc1cc(-c2nncn2C)ccc1Nc1ncc2cc(C)nc(N3CCC(C#N)(CC)CC3)c2n1. The summed E-state index contributed by atoms with van der Waals surface area (Å²) in [7, 11) is 1.91. The van der Waals surface area contributed by atoms with Gasteiger partial charge in [0.05, 0.1) is 23.8 Å². The highest BCUT2D eigenvalue weighted by Crippen LogP contribution is 2.37. The molecule has 37 heavy (non-hydrogen) atoms. The topological polar surface area (TPSA) is 118 Å². The molecule has 0 unspecified atom stereocenters. The number of pyridine rings is 1. The van der Waals surface area contributed by atoms with Crippen LogP contribution in [0, 0.1) is 23.7 Å². The lowest BCUT2D eigenvalue weighted by Crippen LogP contribution is -2.39. The smallest absolute Gasteiger partial charge is 0.227 e. The number of fused-ring (bicyclic) bond motifs is 1. The monoisotopic (exact) mass is 497 g/mol. The van der Waals surface area contributed by atoms with Crippen LogP contribution in [-0.2, 0) is 7.05 Å². The highest BCUT2D eigenvalue weighted by Gasteiger charge is 2.34. The highest BCUT2D eigenvalue weighted by atomic mass is 16.5. The van der Waals surface area contributed by atoms with Crippen LogP contribution in [0.15, 0.2) is 36.8 Å². The first kappa shape index (κ1) is 24.4. The second kappa shape index (κ2) is 10.0. The zero-order valence-electron chi connectivity index (χ0n) is 21.7. The number of rotatable bonds is 7. The number of hydrogen-bond acceptors (Lipinski definition) is 9. The molecule has 5 rings (SSSR count). The maximum Gasteiger partial charge on any atom is 0.227 e. The third-order valence-corrected chi connectivity index (χ3v) is 7.11. The second-order valence-corrected chi connectivity index (χ2v) is 9.49. The van der Waals surface area contributed by atoms with E-state index in [4.69, 9.17) is 14.7 Å². The fraction of sp³-hybridized carbons (Fsp3) is 0.407. The van der Waals surface area contributed by atoms with Gasteiger partial charge in [-0.15, -0.1) is 10.2 Å². The van der Waals surface area contributed by atoms with E-state index in [9.17, 15) is 5.26 Å². The van der Waals surface area contributed by atoms with Crippen LogP contribution in [0.25, 0.3) is 22.3 Å². The second-order valence-electron chi connectivity index (χ2n) is 9.49. The van der Waals surface area contributed by atoms with Crippen LogP contribution in [0.1, 0.15) is 38.8 Å². The van der Waals surface area contributed by atoms with Crippen molar-refractivity contribution in [3.8, 4) is 23.2 Å². The van der Waals surface area contributed by atoms with E-state index in [2.05, 4.69) is 38.4 Å². The van der Waals surface area contributed by atoms with Gasteiger partial charge in [-0.05, 0) is 57.4 Å². The van der Waals surface area contributed by atoms with Crippen LogP contribution in [0.3, 0.4) is 0 Å². The molecule has 0 radical (unpaired) electrons. The van der Waals surface area contributed by atoms with E-state index in [1.165, 1.54) is 0 Å². The molecule has 4 aromatic rings. The third-order valence-electron chi connectivity index (χ3n) is 7.11. The Morgan fingerprint density at radius 3 is 2.65 bits per heavy atom. The molecule has 1 saturated heterocycles. The van der Waals surface area contributed by atoms with E-state index in [0.29, 0.717) is 18.3 Å². The van der Waals surface area contributed by atoms with Crippen molar-refractivity contribution in [1.82, 2.24) is 29.7 Å². The minimum Gasteiger partial charge on any atom is -0.492 e. The van der Waals surface area contributed by atoms with Crippen LogP contribution < -0.4 is 15.0 Å². The molecule has 1 fully saturated rings. The number of benzene rings is 1. The molecule has 190 valence electrons. The molecule has 0 bridgehead atoms. The summed E-state index contributed by atoms with van der Waals surface area (Å²) >= 11 is 0. The number of nitrogens with one attached hydrogen (secondary N) is 1. The maximum absolute atomic E-state index is 9.70. The zero-order valence-corrected chi connectivity index (χ0v) is 21.7. The normalized spacial score (nSPS) is 14.9. The summed E-state index contributed by atoms with van der Waals surface area (Å²) in [4.78, 5) is 16.6. The average Bonchev–Trinajstić information content (AvgIpc) is 3.35. The van der Waals surface area contributed by atoms with Crippen LogP contribution in [0.2, 0.25) is 0 Å². The van der Waals surface area contributed by atoms with E-state index in [1.807, 2.05) is 55.9 Å². The first-order valence-corrected chi connectivity index (χ1v) is 12.6. The Bertz CT molecular complexity index is 1460. The predicted octanol–water partition coefficient (Wildman–Crippen LogP) is 4.79. The van der Waals surface area contributed by atoms with Gasteiger partial charge < -0.3 is 19.5 Å². The van der Waals surface area contributed by atoms with E-state index >= 15 is 0 Å². The number of aromatic nitrogens is 6. The van der Waals surface area contributed by atoms with E-state index in [-0.39, 0.29) is 5.41 Å². The van der Waals surface area contributed by atoms with E-state index in [1.54, 1.807) is 6.33 Å². The first-order valence-electron chi connectivity index (χ1n) is 12.6. The highest BCUT2D eigenvalue weighted by molar-refractivity contribution is 5.89. The van der Waals surface area contributed by atoms with Crippen molar-refractivity contribution in [2.45, 2.75) is 40.0 Å². The minimum absolute atomic E-state index is 0.245. The van der Waals surface area contributed by atoms with Gasteiger partial charge in [0, 0.05) is 43.0 Å². The molecule has 3 aromatic heterocycles. The lowest BCUT2D eigenvalue weighted by Gasteiger charge is -2.37. The standard InChI is InChI=1S/C27H31N9O/c1-5-27(16-28)9-11-36(12-10-27)25-23-20(13-18(3)31-25)15-29-26(33-23)32-21-8-7-19(14-22(21)37-6-2)24-34-30-17-35(24)4/h7-8,13-15,17H,5-6,9-12H2,1-4H3,(H,29,32,33). The molecule has 1 aliphatic heterocycles. The molecule has 1 aromatic carbocycles. The Morgan fingerprint density at radius 1 is 1.16 bits per heavy atom. The van der Waals surface area contributed by atoms with Gasteiger partial charge in [0.15, 0.2) is 11.6 Å². The summed E-state index contributed by atoms with van der Waals surface area (Å²) in [5, 5.41) is 22.1. The van der Waals surface area contributed by atoms with Crippen molar-refractivity contribution >= 4 is 28.4 Å². The van der Waals surface area contributed by atoms with Crippen LogP contribution in [0.5, 0.6) is 5.75 Å². The quantitative estimate of drug-likeness (QED) is 0.384. The molecule has 0 aliphatic carbocycles. The van der Waals surface area contributed by atoms with E-state index in [0.717, 1.165) is 71.8 Å². The van der Waals surface area contributed by atoms with Gasteiger partial charge in [-0.2, -0.15) is 5.26 Å². The van der Waals surface area contributed by atoms with E-state index < -0.39 is 0 Å². The van der Waals surface area contributed by atoms with Crippen LogP contribution in [0.4, 0.5) is 17.5 Å². The Labute approximate surface area is 216 Å². The molecule has 4 heterocycles. The summed E-state index contributed by atoms with van der Waals surface area (Å²) in [5.74, 6) is 2.73. The fourth-order valence-corrected chi connectivity index (χ4v) is 4.83. The lowest BCUT2D eigenvalue weighted by atomic mass is 9.77. The molecule has 1 aliphatic rings. The van der Waals surface area contributed by atoms with Crippen molar-refractivity contribution in [2.24, 2.45) is 12.5 Å². The van der Waals surface area contributed by atoms with Gasteiger partial charge in [0.2, 0.25) is 5.95 Å². The van der Waals surface area contributed by atoms with Crippen molar-refractivity contribution in [2.75, 3.05) is 29.9 Å². The predicted molar refractivity (Wildman–Crippen MR) is 143 cm³/mol. The average molecular weight is 498 g/mol.